The molecular weight excluding hydrogens is 538 g/mol. The molecule has 0 unspecified atom stereocenters. The summed E-state index contributed by atoms with van der Waals surface area (Å²) in [6.45, 7) is 2.47. The lowest BCUT2D eigenvalue weighted by Gasteiger charge is -2.07. The number of carbonyl (C=O) groups is 3. The van der Waals surface area contributed by atoms with Crippen LogP contribution in [0.2, 0.25) is 5.02 Å². The summed E-state index contributed by atoms with van der Waals surface area (Å²) in [5.41, 5.74) is 3.44. The zero-order valence-corrected chi connectivity index (χ0v) is 22.7. The molecule has 0 fully saturated rings. The SMILES string of the molecule is CCCCOc1ccc(C(=O)Oc2ccc(/C=N\NC(=O)CNC(=O)c3sc4ccccc4c3Cl)cc2)cc1. The highest BCUT2D eigenvalue weighted by atomic mass is 35.5. The molecule has 1 heterocycles. The van der Waals surface area contributed by atoms with Crippen LogP contribution in [0.1, 0.15) is 45.4 Å². The Balaban J connectivity index is 1.22. The second kappa shape index (κ2) is 13.5. The van der Waals surface area contributed by atoms with Gasteiger partial charge in [0.2, 0.25) is 0 Å². The number of unbranched alkanes of at least 4 members (excludes halogenated alkanes) is 1. The maximum atomic E-state index is 12.5. The van der Waals surface area contributed by atoms with Crippen LogP contribution in [0.25, 0.3) is 10.1 Å². The van der Waals surface area contributed by atoms with Gasteiger partial charge in [-0.3, -0.25) is 9.59 Å². The van der Waals surface area contributed by atoms with Gasteiger partial charge in [0.25, 0.3) is 11.8 Å². The number of nitrogens with one attached hydrogen (secondary N) is 2. The Hall–Kier alpha value is -4.21. The fraction of sp³-hybridized carbons (Fsp3) is 0.172. The highest BCUT2D eigenvalue weighted by Crippen LogP contribution is 2.34. The van der Waals surface area contributed by atoms with E-state index in [1.165, 1.54) is 17.6 Å². The Bertz CT molecular complexity index is 1480. The van der Waals surface area contributed by atoms with E-state index in [0.29, 0.717) is 39.1 Å². The number of halogens is 1. The number of carbonyl (C=O) groups excluding carboxylic acids is 3. The van der Waals surface area contributed by atoms with Gasteiger partial charge in [-0.25, -0.2) is 10.2 Å². The van der Waals surface area contributed by atoms with Gasteiger partial charge in [0.05, 0.1) is 30.0 Å². The summed E-state index contributed by atoms with van der Waals surface area (Å²) in [4.78, 5) is 37.3. The van der Waals surface area contributed by atoms with Crippen LogP contribution in [0, 0.1) is 0 Å². The molecule has 0 aliphatic heterocycles. The number of benzene rings is 3. The molecule has 3 aromatic carbocycles. The molecule has 8 nitrogen and oxygen atoms in total. The largest absolute Gasteiger partial charge is 0.494 e. The predicted octanol–water partition coefficient (Wildman–Crippen LogP) is 5.83. The first-order valence-electron chi connectivity index (χ1n) is 12.3. The van der Waals surface area contributed by atoms with Crippen LogP contribution >= 0.6 is 22.9 Å². The smallest absolute Gasteiger partial charge is 0.343 e. The lowest BCUT2D eigenvalue weighted by atomic mass is 10.2. The Morgan fingerprint density at radius 1 is 0.974 bits per heavy atom. The van der Waals surface area contributed by atoms with Gasteiger partial charge < -0.3 is 14.8 Å². The zero-order valence-electron chi connectivity index (χ0n) is 21.1. The molecular formula is C29H26ClN3O5S. The maximum absolute atomic E-state index is 12.5. The molecule has 200 valence electrons. The van der Waals surface area contributed by atoms with E-state index >= 15 is 0 Å². The van der Waals surface area contributed by atoms with Gasteiger partial charge in [0.15, 0.2) is 0 Å². The van der Waals surface area contributed by atoms with E-state index in [4.69, 9.17) is 21.1 Å². The van der Waals surface area contributed by atoms with Crippen molar-refractivity contribution in [1.82, 2.24) is 10.7 Å². The van der Waals surface area contributed by atoms with Crippen molar-refractivity contribution in [2.75, 3.05) is 13.2 Å². The monoisotopic (exact) mass is 563 g/mol. The van der Waals surface area contributed by atoms with Crippen LogP contribution in [0.3, 0.4) is 0 Å². The van der Waals surface area contributed by atoms with E-state index in [2.05, 4.69) is 22.8 Å². The molecule has 2 N–H and O–H groups in total. The number of hydrogen-bond acceptors (Lipinski definition) is 7. The molecule has 1 aromatic heterocycles. The Labute approximate surface area is 234 Å². The van der Waals surface area contributed by atoms with Crippen molar-refractivity contribution < 1.29 is 23.9 Å². The number of amides is 2. The molecule has 0 aliphatic carbocycles. The average molecular weight is 564 g/mol. The van der Waals surface area contributed by atoms with Crippen molar-refractivity contribution in [3.05, 3.63) is 93.8 Å². The van der Waals surface area contributed by atoms with Gasteiger partial charge >= 0.3 is 5.97 Å². The fourth-order valence-electron chi connectivity index (χ4n) is 3.43. The normalized spacial score (nSPS) is 10.9. The topological polar surface area (TPSA) is 106 Å². The number of fused-ring (bicyclic) bond motifs is 1. The minimum absolute atomic E-state index is 0.262. The first-order chi connectivity index (χ1) is 18.9. The van der Waals surface area contributed by atoms with E-state index in [0.717, 1.165) is 22.9 Å². The van der Waals surface area contributed by atoms with Crippen LogP contribution in [0.15, 0.2) is 77.9 Å². The van der Waals surface area contributed by atoms with Crippen molar-refractivity contribution in [3.8, 4) is 11.5 Å². The highest BCUT2D eigenvalue weighted by Gasteiger charge is 2.17. The van der Waals surface area contributed by atoms with Crippen LogP contribution in [-0.2, 0) is 4.79 Å². The summed E-state index contributed by atoms with van der Waals surface area (Å²) in [6.07, 6.45) is 3.46. The van der Waals surface area contributed by atoms with Gasteiger partial charge in [-0.05, 0) is 66.6 Å². The lowest BCUT2D eigenvalue weighted by Crippen LogP contribution is -2.34. The van der Waals surface area contributed by atoms with Gasteiger partial charge in [-0.1, -0.05) is 43.1 Å². The Morgan fingerprint density at radius 3 is 2.41 bits per heavy atom. The molecule has 2 amide bonds. The zero-order chi connectivity index (χ0) is 27.6. The number of rotatable bonds is 11. The Kier molecular flexibility index (Phi) is 9.66. The maximum Gasteiger partial charge on any atom is 0.343 e. The average Bonchev–Trinajstić information content (AvgIpc) is 3.29. The Morgan fingerprint density at radius 2 is 1.69 bits per heavy atom. The molecule has 0 atom stereocenters. The van der Waals surface area contributed by atoms with Crippen LogP contribution < -0.4 is 20.2 Å². The summed E-state index contributed by atoms with van der Waals surface area (Å²) >= 11 is 7.57. The van der Waals surface area contributed by atoms with Crippen LogP contribution in [0.4, 0.5) is 0 Å². The van der Waals surface area contributed by atoms with E-state index < -0.39 is 17.8 Å². The van der Waals surface area contributed by atoms with Crippen molar-refractivity contribution in [2.24, 2.45) is 5.10 Å². The minimum atomic E-state index is -0.496. The number of esters is 1. The van der Waals surface area contributed by atoms with Crippen molar-refractivity contribution in [1.29, 1.82) is 0 Å². The summed E-state index contributed by atoms with van der Waals surface area (Å²) in [7, 11) is 0. The molecule has 4 rings (SSSR count). The molecule has 0 saturated heterocycles. The van der Waals surface area contributed by atoms with Gasteiger partial charge in [-0.2, -0.15) is 5.10 Å². The van der Waals surface area contributed by atoms with E-state index in [9.17, 15) is 14.4 Å². The lowest BCUT2D eigenvalue weighted by molar-refractivity contribution is -0.120. The van der Waals surface area contributed by atoms with Gasteiger partial charge in [0, 0.05) is 10.1 Å². The van der Waals surface area contributed by atoms with Crippen molar-refractivity contribution in [2.45, 2.75) is 19.8 Å². The minimum Gasteiger partial charge on any atom is -0.494 e. The highest BCUT2D eigenvalue weighted by molar-refractivity contribution is 7.21. The molecule has 0 bridgehead atoms. The summed E-state index contributed by atoms with van der Waals surface area (Å²) in [5.74, 6) is -0.334. The second-order valence-electron chi connectivity index (χ2n) is 8.40. The second-order valence-corrected chi connectivity index (χ2v) is 9.83. The summed E-state index contributed by atoms with van der Waals surface area (Å²) < 4.78 is 11.9. The molecule has 0 radical (unpaired) electrons. The molecule has 0 spiro atoms. The number of hydrazone groups is 1. The molecule has 4 aromatic rings. The summed E-state index contributed by atoms with van der Waals surface area (Å²) in [5, 5.41) is 7.61. The fourth-order valence-corrected chi connectivity index (χ4v) is 4.86. The summed E-state index contributed by atoms with van der Waals surface area (Å²) in [6, 6.07) is 20.9. The first kappa shape index (κ1) is 27.8. The first-order valence-corrected chi connectivity index (χ1v) is 13.5. The third-order valence-corrected chi connectivity index (χ3v) is 7.17. The third-order valence-electron chi connectivity index (χ3n) is 5.50. The number of nitrogens with zero attached hydrogens (tertiary/aromatic N) is 1. The third kappa shape index (κ3) is 7.66. The number of thiophene rings is 1. The standard InChI is InChI=1S/C29H26ClN3O5S/c1-2-3-16-37-21-14-10-20(11-15-21)29(36)38-22-12-8-19(9-13-22)17-32-33-25(34)18-31-28(35)27-26(30)23-6-4-5-7-24(23)39-27/h4-15,17H,2-3,16,18H2,1H3,(H,31,35)(H,33,34)/b32-17-. The molecule has 10 heteroatoms. The molecule has 39 heavy (non-hydrogen) atoms. The van der Waals surface area contributed by atoms with E-state index in [-0.39, 0.29) is 6.54 Å². The van der Waals surface area contributed by atoms with Gasteiger partial charge in [0.1, 0.15) is 16.4 Å². The number of ether oxygens (including phenoxy) is 2. The van der Waals surface area contributed by atoms with Crippen molar-refractivity contribution in [3.63, 3.8) is 0 Å². The predicted molar refractivity (Wildman–Crippen MR) is 153 cm³/mol. The molecule has 0 aliphatic rings. The molecule has 0 saturated carbocycles. The van der Waals surface area contributed by atoms with E-state index in [1.54, 1.807) is 48.5 Å². The van der Waals surface area contributed by atoms with Gasteiger partial charge in [-0.15, -0.1) is 11.3 Å². The van der Waals surface area contributed by atoms with Crippen LogP contribution in [-0.4, -0.2) is 37.1 Å². The van der Waals surface area contributed by atoms with Crippen LogP contribution in [0.5, 0.6) is 11.5 Å². The van der Waals surface area contributed by atoms with E-state index in [1.807, 2.05) is 24.3 Å². The number of hydrogen-bond donors (Lipinski definition) is 2. The van der Waals surface area contributed by atoms with Crippen molar-refractivity contribution >= 4 is 57.0 Å². The quantitative estimate of drug-likeness (QED) is 0.0784.